The van der Waals surface area contributed by atoms with E-state index in [0.29, 0.717) is 38.5 Å². The van der Waals surface area contributed by atoms with Crippen LogP contribution in [0.3, 0.4) is 0 Å². The Morgan fingerprint density at radius 2 is 1.65 bits per heavy atom. The molecule has 3 aliphatic heterocycles. The van der Waals surface area contributed by atoms with Crippen LogP contribution in [0.1, 0.15) is 70.1 Å². The average molecular weight is 687 g/mol. The van der Waals surface area contributed by atoms with E-state index in [1.807, 2.05) is 34.6 Å². The Morgan fingerprint density at radius 1 is 0.959 bits per heavy atom. The molecule has 0 unspecified atom stereocenters. The van der Waals surface area contributed by atoms with Crippen molar-refractivity contribution < 1.29 is 37.4 Å². The molecule has 49 heavy (non-hydrogen) atoms. The number of fused-ring (bicyclic) bond motifs is 1. The van der Waals surface area contributed by atoms with Crippen molar-refractivity contribution >= 4 is 23.6 Å². The zero-order chi connectivity index (χ0) is 35.8. The van der Waals surface area contributed by atoms with Crippen molar-refractivity contribution in [1.29, 1.82) is 0 Å². The minimum atomic E-state index is -0.841. The van der Waals surface area contributed by atoms with Crippen molar-refractivity contribution in [3.8, 4) is 5.88 Å². The van der Waals surface area contributed by atoms with Gasteiger partial charge in [0.15, 0.2) is 0 Å². The summed E-state index contributed by atoms with van der Waals surface area (Å²) < 4.78 is 45.6. The lowest BCUT2D eigenvalue weighted by atomic mass is 10.0. The highest BCUT2D eigenvalue weighted by Crippen LogP contribution is 2.36. The van der Waals surface area contributed by atoms with Gasteiger partial charge in [0.25, 0.3) is 5.91 Å². The Kier molecular flexibility index (Phi) is 10.8. The normalized spacial score (nSPS) is 25.0. The van der Waals surface area contributed by atoms with E-state index in [2.05, 4.69) is 28.6 Å². The number of nitrogens with two attached hydrogens (primary N) is 1. The third-order valence-corrected chi connectivity index (χ3v) is 9.30. The number of nitrogens with zero attached hydrogens (tertiary/aromatic N) is 5. The monoisotopic (exact) mass is 686 g/mol. The molecule has 268 valence electrons. The fourth-order valence-electron chi connectivity index (χ4n) is 6.85. The van der Waals surface area contributed by atoms with Gasteiger partial charge in [-0.1, -0.05) is 6.07 Å². The SMILES string of the molecule is C[C@@H]1CN(CC(=O)N2c3cc(Cc4ccc(F)cc4F)c(C(N)=O)nc3OC[C@@H]2C)[C@@H](CN2[C@H](C)COC[C@H]2C)CN1C(=O)OC(C)(C)C. The fourth-order valence-corrected chi connectivity index (χ4v) is 6.85. The number of rotatable bonds is 7. The second-order valence-electron chi connectivity index (χ2n) is 14.5. The summed E-state index contributed by atoms with van der Waals surface area (Å²) >= 11 is 0. The molecular formula is C35H48F2N6O6. The van der Waals surface area contributed by atoms with Gasteiger partial charge in [0.05, 0.1) is 25.8 Å². The minimum Gasteiger partial charge on any atom is -0.474 e. The summed E-state index contributed by atoms with van der Waals surface area (Å²) in [5.41, 5.74) is 5.62. The number of pyridine rings is 1. The molecular weight excluding hydrogens is 638 g/mol. The van der Waals surface area contributed by atoms with E-state index in [9.17, 15) is 23.2 Å². The summed E-state index contributed by atoms with van der Waals surface area (Å²) in [4.78, 5) is 52.3. The molecule has 1 aromatic heterocycles. The summed E-state index contributed by atoms with van der Waals surface area (Å²) in [6.45, 7) is 16.3. The van der Waals surface area contributed by atoms with Crippen LogP contribution in [-0.2, 0) is 20.7 Å². The van der Waals surface area contributed by atoms with Crippen LogP contribution in [0.15, 0.2) is 24.3 Å². The predicted octanol–water partition coefficient (Wildman–Crippen LogP) is 3.58. The largest absolute Gasteiger partial charge is 0.474 e. The van der Waals surface area contributed by atoms with Crippen molar-refractivity contribution in [2.24, 2.45) is 5.73 Å². The highest BCUT2D eigenvalue weighted by molar-refractivity contribution is 5.99. The van der Waals surface area contributed by atoms with Crippen molar-refractivity contribution in [2.45, 2.75) is 90.7 Å². The Hall–Kier alpha value is -3.88. The second kappa shape index (κ2) is 14.5. The number of primary amides is 1. The van der Waals surface area contributed by atoms with E-state index >= 15 is 0 Å². The molecule has 0 radical (unpaired) electrons. The summed E-state index contributed by atoms with van der Waals surface area (Å²) in [5, 5.41) is 0. The van der Waals surface area contributed by atoms with Gasteiger partial charge < -0.3 is 29.7 Å². The maximum atomic E-state index is 14.7. The number of benzene rings is 1. The Labute approximate surface area is 286 Å². The van der Waals surface area contributed by atoms with Crippen molar-refractivity contribution in [3.05, 3.63) is 52.7 Å². The Morgan fingerprint density at radius 3 is 2.29 bits per heavy atom. The third-order valence-electron chi connectivity index (χ3n) is 9.30. The molecule has 2 saturated heterocycles. The van der Waals surface area contributed by atoms with Crippen LogP contribution >= 0.6 is 0 Å². The first-order valence-corrected chi connectivity index (χ1v) is 16.8. The molecule has 2 N–H and O–H groups in total. The first-order chi connectivity index (χ1) is 23.0. The number of hydrogen-bond donors (Lipinski definition) is 1. The van der Waals surface area contributed by atoms with Crippen LogP contribution in [0, 0.1) is 11.6 Å². The molecule has 5 rings (SSSR count). The number of morpholine rings is 1. The number of anilines is 1. The Balaban J connectivity index is 1.44. The van der Waals surface area contributed by atoms with Gasteiger partial charge in [-0.05, 0) is 71.7 Å². The van der Waals surface area contributed by atoms with E-state index in [1.165, 1.54) is 6.07 Å². The second-order valence-corrected chi connectivity index (χ2v) is 14.5. The number of hydrogen-bond acceptors (Lipinski definition) is 9. The maximum absolute atomic E-state index is 14.7. The van der Waals surface area contributed by atoms with E-state index in [-0.39, 0.29) is 72.3 Å². The van der Waals surface area contributed by atoms with E-state index in [0.717, 1.165) is 12.1 Å². The number of ether oxygens (including phenoxy) is 3. The molecule has 4 heterocycles. The Bertz CT molecular complexity index is 1560. The maximum Gasteiger partial charge on any atom is 0.410 e. The molecule has 0 saturated carbocycles. The molecule has 5 atom stereocenters. The first kappa shape index (κ1) is 36.4. The van der Waals surface area contributed by atoms with E-state index in [1.54, 1.807) is 15.9 Å². The number of carbonyl (C=O) groups is 3. The summed E-state index contributed by atoms with van der Waals surface area (Å²) in [7, 11) is 0. The van der Waals surface area contributed by atoms with Crippen molar-refractivity contribution in [2.75, 3.05) is 50.9 Å². The number of carbonyl (C=O) groups excluding carboxylic acids is 3. The highest BCUT2D eigenvalue weighted by atomic mass is 19.1. The molecule has 0 bridgehead atoms. The smallest absolute Gasteiger partial charge is 0.410 e. The first-order valence-electron chi connectivity index (χ1n) is 16.8. The van der Waals surface area contributed by atoms with Gasteiger partial charge in [-0.25, -0.2) is 18.6 Å². The average Bonchev–Trinajstić information content (AvgIpc) is 3.00. The predicted molar refractivity (Wildman–Crippen MR) is 179 cm³/mol. The topological polar surface area (TPSA) is 131 Å². The lowest BCUT2D eigenvalue weighted by Gasteiger charge is -2.49. The lowest BCUT2D eigenvalue weighted by molar-refractivity contribution is -0.123. The van der Waals surface area contributed by atoms with Crippen LogP contribution in [-0.4, -0.2) is 119 Å². The quantitative estimate of drug-likeness (QED) is 0.465. The van der Waals surface area contributed by atoms with Crippen LogP contribution in [0.4, 0.5) is 19.3 Å². The molecule has 3 aliphatic rings. The van der Waals surface area contributed by atoms with Gasteiger partial charge in [0, 0.05) is 56.3 Å². The molecule has 2 fully saturated rings. The number of halogens is 2. The van der Waals surface area contributed by atoms with Gasteiger partial charge in [0.2, 0.25) is 11.8 Å². The van der Waals surface area contributed by atoms with Gasteiger partial charge in [-0.2, -0.15) is 0 Å². The number of amides is 3. The van der Waals surface area contributed by atoms with Crippen molar-refractivity contribution in [3.63, 3.8) is 0 Å². The summed E-state index contributed by atoms with van der Waals surface area (Å²) in [6, 6.07) is 4.26. The minimum absolute atomic E-state index is 0.0353. The zero-order valence-electron chi connectivity index (χ0n) is 29.4. The molecule has 14 heteroatoms. The molecule has 12 nitrogen and oxygen atoms in total. The number of piperazine rings is 1. The van der Waals surface area contributed by atoms with Gasteiger partial charge in [-0.15, -0.1) is 0 Å². The van der Waals surface area contributed by atoms with Crippen molar-refractivity contribution in [1.82, 2.24) is 19.7 Å². The summed E-state index contributed by atoms with van der Waals surface area (Å²) in [5.74, 6) is -2.50. The molecule has 3 amide bonds. The van der Waals surface area contributed by atoms with Crippen LogP contribution in [0.5, 0.6) is 5.88 Å². The third kappa shape index (κ3) is 8.30. The molecule has 0 aliphatic carbocycles. The molecule has 1 aromatic carbocycles. The van der Waals surface area contributed by atoms with Gasteiger partial charge >= 0.3 is 6.09 Å². The summed E-state index contributed by atoms with van der Waals surface area (Å²) in [6.07, 6.45) is -0.500. The molecule has 0 spiro atoms. The van der Waals surface area contributed by atoms with Crippen LogP contribution in [0.25, 0.3) is 0 Å². The van der Waals surface area contributed by atoms with E-state index in [4.69, 9.17) is 19.9 Å². The highest BCUT2D eigenvalue weighted by Gasteiger charge is 2.41. The van der Waals surface area contributed by atoms with Crippen LogP contribution < -0.4 is 15.4 Å². The van der Waals surface area contributed by atoms with Crippen LogP contribution in [0.2, 0.25) is 0 Å². The van der Waals surface area contributed by atoms with Gasteiger partial charge in [-0.3, -0.25) is 19.4 Å². The zero-order valence-corrected chi connectivity index (χ0v) is 29.4. The fraction of sp³-hybridized carbons (Fsp3) is 0.600. The number of aromatic nitrogens is 1. The molecule has 2 aromatic rings. The standard InChI is InChI=1S/C35H48F2N6O6/c1-20-13-40(27(14-41-21(2)17-47-18-22(41)3)15-42(20)34(46)49-35(5,6)7)16-30(44)43-23(4)19-48-33-29(43)11-25(31(39-33)32(38)45)10-24-8-9-26(36)12-28(24)37/h8-9,11-12,20-23,27H,10,13-19H2,1-7H3,(H2,38,45)/t20-,21-,22-,23+,27+/m1/s1. The van der Waals surface area contributed by atoms with E-state index < -0.39 is 35.3 Å². The van der Waals surface area contributed by atoms with Gasteiger partial charge in [0.1, 0.15) is 35.2 Å². The lowest BCUT2D eigenvalue weighted by Crippen LogP contribution is -2.65.